The minimum absolute atomic E-state index is 0.126. The molecule has 5 rings (SSSR count). The van der Waals surface area contributed by atoms with Crippen molar-refractivity contribution in [3.05, 3.63) is 105 Å². The molecule has 0 aliphatic rings. The SMILES string of the molecule is O=C(NC(Oc1ccc(/C=c2\sc3nc4ccccc4n3c2=O)cc1)C(Cl)(Cl)Cl)c1ccccc1. The van der Waals surface area contributed by atoms with Crippen molar-refractivity contribution in [2.24, 2.45) is 0 Å². The summed E-state index contributed by atoms with van der Waals surface area (Å²) in [6.45, 7) is 0. The second-order valence-corrected chi connectivity index (χ2v) is 11.0. The molecule has 1 atom stereocenters. The van der Waals surface area contributed by atoms with Crippen molar-refractivity contribution >= 4 is 74.1 Å². The van der Waals surface area contributed by atoms with Gasteiger partial charge < -0.3 is 10.1 Å². The van der Waals surface area contributed by atoms with Gasteiger partial charge in [0.2, 0.25) is 10.0 Å². The maximum absolute atomic E-state index is 12.9. The third-order valence-electron chi connectivity index (χ3n) is 5.17. The van der Waals surface area contributed by atoms with E-state index in [1.165, 1.54) is 11.3 Å². The van der Waals surface area contributed by atoms with E-state index in [0.29, 0.717) is 20.8 Å². The van der Waals surface area contributed by atoms with Gasteiger partial charge in [-0.05, 0) is 48.0 Å². The van der Waals surface area contributed by atoms with Crippen LogP contribution in [0.15, 0.2) is 83.7 Å². The van der Waals surface area contributed by atoms with E-state index < -0.39 is 15.9 Å². The van der Waals surface area contributed by atoms with E-state index in [-0.39, 0.29) is 5.56 Å². The topological polar surface area (TPSA) is 72.7 Å². The Balaban J connectivity index is 1.38. The highest BCUT2D eigenvalue weighted by molar-refractivity contribution is 7.15. The normalized spacial score (nSPS) is 13.3. The van der Waals surface area contributed by atoms with Crippen molar-refractivity contribution in [1.82, 2.24) is 14.7 Å². The van der Waals surface area contributed by atoms with E-state index in [0.717, 1.165) is 16.6 Å². The Bertz CT molecular complexity index is 1630. The molecule has 10 heteroatoms. The van der Waals surface area contributed by atoms with Gasteiger partial charge in [-0.15, -0.1) is 0 Å². The second-order valence-electron chi connectivity index (χ2n) is 7.58. The molecule has 0 aliphatic heterocycles. The number of hydrogen-bond acceptors (Lipinski definition) is 5. The van der Waals surface area contributed by atoms with Crippen LogP contribution < -0.4 is 20.1 Å². The highest BCUT2D eigenvalue weighted by atomic mass is 35.6. The van der Waals surface area contributed by atoms with Crippen LogP contribution in [0, 0.1) is 0 Å². The van der Waals surface area contributed by atoms with E-state index in [9.17, 15) is 9.59 Å². The minimum Gasteiger partial charge on any atom is -0.466 e. The van der Waals surface area contributed by atoms with Crippen LogP contribution in [-0.2, 0) is 0 Å². The summed E-state index contributed by atoms with van der Waals surface area (Å²) in [5, 5.41) is 2.60. The van der Waals surface area contributed by atoms with Gasteiger partial charge in [-0.2, -0.15) is 0 Å². The van der Waals surface area contributed by atoms with Crippen molar-refractivity contribution in [3.63, 3.8) is 0 Å². The van der Waals surface area contributed by atoms with Gasteiger partial charge in [0.05, 0.1) is 15.6 Å². The monoisotopic (exact) mass is 543 g/mol. The predicted molar refractivity (Wildman–Crippen MR) is 141 cm³/mol. The molecule has 1 N–H and O–H groups in total. The van der Waals surface area contributed by atoms with Crippen LogP contribution in [0.1, 0.15) is 15.9 Å². The number of para-hydroxylation sites is 2. The number of thiazole rings is 1. The molecule has 1 amide bonds. The Morgan fingerprint density at radius 1 is 1.00 bits per heavy atom. The number of nitrogens with one attached hydrogen (secondary N) is 1. The summed E-state index contributed by atoms with van der Waals surface area (Å²) in [5.41, 5.74) is 2.62. The zero-order valence-electron chi connectivity index (χ0n) is 17.8. The van der Waals surface area contributed by atoms with Gasteiger partial charge in [0, 0.05) is 5.56 Å². The molecule has 0 spiro atoms. The van der Waals surface area contributed by atoms with Crippen molar-refractivity contribution < 1.29 is 9.53 Å². The minimum atomic E-state index is -1.92. The van der Waals surface area contributed by atoms with Crippen LogP contribution in [-0.4, -0.2) is 25.3 Å². The summed E-state index contributed by atoms with van der Waals surface area (Å²) in [6, 6.07) is 22.9. The van der Waals surface area contributed by atoms with Crippen LogP contribution >= 0.6 is 46.1 Å². The number of alkyl halides is 3. The number of amides is 1. The first-order chi connectivity index (χ1) is 16.8. The number of hydrogen-bond donors (Lipinski definition) is 1. The molecule has 0 radical (unpaired) electrons. The molecule has 5 aromatic rings. The van der Waals surface area contributed by atoms with Crippen molar-refractivity contribution in [3.8, 4) is 5.75 Å². The second kappa shape index (κ2) is 9.51. The van der Waals surface area contributed by atoms with Gasteiger partial charge in [0.15, 0.2) is 4.96 Å². The molecular formula is C25H16Cl3N3O3S. The quantitative estimate of drug-likeness (QED) is 0.251. The molecule has 2 heterocycles. The maximum atomic E-state index is 12.9. The molecule has 0 aliphatic carbocycles. The summed E-state index contributed by atoms with van der Waals surface area (Å²) in [4.78, 5) is 30.6. The molecule has 0 bridgehead atoms. The standard InChI is InChI=1S/C25H16Cl3N3O3S/c26-25(27,28)23(30-21(32)16-6-2-1-3-7-16)34-17-12-10-15(11-13-17)14-20-22(33)31-19-9-5-4-8-18(19)29-24(31)35-20/h1-14,23H,(H,30,32)/b20-14-. The first-order valence-electron chi connectivity index (χ1n) is 10.4. The fourth-order valence-electron chi connectivity index (χ4n) is 3.51. The Labute approximate surface area is 218 Å². The van der Waals surface area contributed by atoms with Crippen molar-refractivity contribution in [2.75, 3.05) is 0 Å². The number of halogens is 3. The van der Waals surface area contributed by atoms with E-state index in [1.807, 2.05) is 24.3 Å². The number of benzene rings is 3. The Morgan fingerprint density at radius 2 is 1.69 bits per heavy atom. The Kier molecular flexibility index (Phi) is 6.42. The zero-order chi connectivity index (χ0) is 24.6. The molecule has 176 valence electrons. The molecule has 0 fully saturated rings. The van der Waals surface area contributed by atoms with Gasteiger partial charge in [0.25, 0.3) is 11.5 Å². The van der Waals surface area contributed by atoms with Gasteiger partial charge in [0.1, 0.15) is 5.75 Å². The number of rotatable bonds is 5. The molecule has 6 nitrogen and oxygen atoms in total. The average Bonchev–Trinajstić information content (AvgIpc) is 3.35. The number of ether oxygens (including phenoxy) is 1. The summed E-state index contributed by atoms with van der Waals surface area (Å²) in [7, 11) is 0. The number of carbonyl (C=O) groups is 1. The zero-order valence-corrected chi connectivity index (χ0v) is 20.9. The van der Waals surface area contributed by atoms with Gasteiger partial charge in [-0.1, -0.05) is 88.6 Å². The van der Waals surface area contributed by atoms with Crippen LogP contribution in [0.3, 0.4) is 0 Å². The number of carbonyl (C=O) groups excluding carboxylic acids is 1. The lowest BCUT2D eigenvalue weighted by Gasteiger charge is -2.26. The van der Waals surface area contributed by atoms with Crippen LogP contribution in [0.2, 0.25) is 0 Å². The lowest BCUT2D eigenvalue weighted by atomic mass is 10.2. The van der Waals surface area contributed by atoms with Crippen LogP contribution in [0.25, 0.3) is 22.1 Å². The van der Waals surface area contributed by atoms with E-state index in [4.69, 9.17) is 39.5 Å². The Hall–Kier alpha value is -3.10. The van der Waals surface area contributed by atoms with E-state index in [2.05, 4.69) is 10.3 Å². The Morgan fingerprint density at radius 3 is 2.40 bits per heavy atom. The van der Waals surface area contributed by atoms with Crippen LogP contribution in [0.4, 0.5) is 0 Å². The molecule has 3 aromatic carbocycles. The molecule has 2 aromatic heterocycles. The van der Waals surface area contributed by atoms with Crippen LogP contribution in [0.5, 0.6) is 5.75 Å². The van der Waals surface area contributed by atoms with Gasteiger partial charge in [-0.3, -0.25) is 9.59 Å². The maximum Gasteiger partial charge on any atom is 0.274 e. The highest BCUT2D eigenvalue weighted by Gasteiger charge is 2.36. The third kappa shape index (κ3) is 4.99. The molecular weight excluding hydrogens is 529 g/mol. The highest BCUT2D eigenvalue weighted by Crippen LogP contribution is 2.32. The van der Waals surface area contributed by atoms with E-state index in [1.54, 1.807) is 65.1 Å². The lowest BCUT2D eigenvalue weighted by molar-refractivity contribution is 0.0833. The number of aromatic nitrogens is 2. The van der Waals surface area contributed by atoms with Gasteiger partial charge in [-0.25, -0.2) is 9.38 Å². The fraction of sp³-hybridized carbons (Fsp3) is 0.0800. The average molecular weight is 545 g/mol. The predicted octanol–water partition coefficient (Wildman–Crippen LogP) is 4.96. The smallest absolute Gasteiger partial charge is 0.274 e. The summed E-state index contributed by atoms with van der Waals surface area (Å²) in [6.07, 6.45) is 0.547. The number of fused-ring (bicyclic) bond motifs is 3. The lowest BCUT2D eigenvalue weighted by Crippen LogP contribution is -2.47. The largest absolute Gasteiger partial charge is 0.466 e. The fourth-order valence-corrected chi connectivity index (χ4v) is 4.80. The summed E-state index contributed by atoms with van der Waals surface area (Å²) >= 11 is 19.5. The van der Waals surface area contributed by atoms with Gasteiger partial charge >= 0.3 is 0 Å². The molecule has 0 saturated carbocycles. The molecule has 0 saturated heterocycles. The molecule has 35 heavy (non-hydrogen) atoms. The summed E-state index contributed by atoms with van der Waals surface area (Å²) in [5.74, 6) is -0.0637. The summed E-state index contributed by atoms with van der Waals surface area (Å²) < 4.78 is 6.03. The van der Waals surface area contributed by atoms with E-state index >= 15 is 0 Å². The number of imidazole rings is 1. The van der Waals surface area contributed by atoms with Crippen molar-refractivity contribution in [2.45, 2.75) is 10.0 Å². The third-order valence-corrected chi connectivity index (χ3v) is 6.74. The van der Waals surface area contributed by atoms with Crippen molar-refractivity contribution in [1.29, 1.82) is 0 Å². The molecule has 1 unspecified atom stereocenters. The first-order valence-corrected chi connectivity index (χ1v) is 12.4. The first kappa shape index (κ1) is 23.6. The number of nitrogens with zero attached hydrogens (tertiary/aromatic N) is 2.